The van der Waals surface area contributed by atoms with Gasteiger partial charge in [0.2, 0.25) is 0 Å². The van der Waals surface area contributed by atoms with Crippen LogP contribution in [0.1, 0.15) is 55.8 Å². The van der Waals surface area contributed by atoms with Gasteiger partial charge in [-0.05, 0) is 55.9 Å². The monoisotopic (exact) mass is 507 g/mol. The molecule has 1 aliphatic carbocycles. The number of aryl methyl sites for hydroxylation is 1. The van der Waals surface area contributed by atoms with Gasteiger partial charge in [0.05, 0.1) is 11.7 Å². The highest BCUT2D eigenvalue weighted by Gasteiger charge is 2.40. The predicted octanol–water partition coefficient (Wildman–Crippen LogP) is 4.81. The summed E-state index contributed by atoms with van der Waals surface area (Å²) in [4.78, 5) is 25.9. The first-order chi connectivity index (χ1) is 15.9. The second-order valence-corrected chi connectivity index (χ2v) is 9.57. The van der Waals surface area contributed by atoms with Crippen LogP contribution in [0.15, 0.2) is 42.1 Å². The molecule has 1 aromatic carbocycles. The molecule has 0 spiro atoms. The van der Waals surface area contributed by atoms with Crippen molar-refractivity contribution in [1.29, 1.82) is 0 Å². The molecule has 6 nitrogen and oxygen atoms in total. The van der Waals surface area contributed by atoms with Crippen molar-refractivity contribution < 1.29 is 19.1 Å². The van der Waals surface area contributed by atoms with E-state index in [1.807, 2.05) is 23.0 Å². The van der Waals surface area contributed by atoms with Crippen molar-refractivity contribution in [2.75, 3.05) is 13.1 Å². The maximum atomic E-state index is 14.7. The molecule has 1 saturated carbocycles. The van der Waals surface area contributed by atoms with Crippen LogP contribution in [0, 0.1) is 11.7 Å². The molecule has 9 heteroatoms. The fraction of sp³-hybridized carbons (Fsp3) is 0.480. The van der Waals surface area contributed by atoms with Crippen LogP contribution in [0.2, 0.25) is 0 Å². The first-order valence-electron chi connectivity index (χ1n) is 11.6. The minimum atomic E-state index is -0.781. The van der Waals surface area contributed by atoms with E-state index in [0.717, 1.165) is 37.0 Å². The second-order valence-electron chi connectivity index (χ2n) is 8.95. The summed E-state index contributed by atoms with van der Waals surface area (Å²) in [5.41, 5.74) is 2.32. The van der Waals surface area contributed by atoms with E-state index in [4.69, 9.17) is 17.7 Å². The predicted molar refractivity (Wildman–Crippen MR) is 135 cm³/mol. The first-order valence-corrected chi connectivity index (χ1v) is 12.1. The Labute approximate surface area is 211 Å². The Morgan fingerprint density at radius 1 is 1.21 bits per heavy atom. The SMILES string of the molecule is Cl.O=C(O)CCCCn1ccc(/C=C2\CN(C(C(=O)C3CC3)c3ccccc3F)CCC2S)n1. The first kappa shape index (κ1) is 26.4. The summed E-state index contributed by atoms with van der Waals surface area (Å²) in [6, 6.07) is 7.94. The molecule has 0 radical (unpaired) electrons. The lowest BCUT2D eigenvalue weighted by molar-refractivity contribution is -0.137. The third kappa shape index (κ3) is 6.71. The van der Waals surface area contributed by atoms with Crippen molar-refractivity contribution >= 4 is 42.9 Å². The summed E-state index contributed by atoms with van der Waals surface area (Å²) in [7, 11) is 0. The summed E-state index contributed by atoms with van der Waals surface area (Å²) >= 11 is 4.76. The average Bonchev–Trinajstić information content (AvgIpc) is 3.55. The number of ketones is 1. The maximum absolute atomic E-state index is 14.7. The number of carbonyl (C=O) groups is 2. The molecule has 1 aromatic heterocycles. The number of Topliss-reactive ketones (excluding diaryl/α,β-unsaturated/α-hetero) is 1. The highest BCUT2D eigenvalue weighted by Crippen LogP contribution is 2.39. The summed E-state index contributed by atoms with van der Waals surface area (Å²) in [5.74, 6) is -0.969. The van der Waals surface area contributed by atoms with Gasteiger partial charge in [-0.3, -0.25) is 19.2 Å². The van der Waals surface area contributed by atoms with Gasteiger partial charge in [-0.1, -0.05) is 18.2 Å². The number of hydrogen-bond donors (Lipinski definition) is 2. The van der Waals surface area contributed by atoms with Crippen LogP contribution in [-0.4, -0.2) is 49.9 Å². The van der Waals surface area contributed by atoms with Gasteiger partial charge in [0.15, 0.2) is 5.78 Å². The number of halogens is 2. The van der Waals surface area contributed by atoms with E-state index >= 15 is 0 Å². The summed E-state index contributed by atoms with van der Waals surface area (Å²) in [6.07, 6.45) is 7.98. The minimum Gasteiger partial charge on any atom is -0.481 e. The molecule has 1 aliphatic heterocycles. The van der Waals surface area contributed by atoms with Gasteiger partial charge >= 0.3 is 5.97 Å². The molecule has 2 atom stereocenters. The molecule has 34 heavy (non-hydrogen) atoms. The number of nitrogens with zero attached hydrogens (tertiary/aromatic N) is 3. The number of unbranched alkanes of at least 4 members (excludes halogenated alkanes) is 1. The Kier molecular flexibility index (Phi) is 9.33. The van der Waals surface area contributed by atoms with E-state index in [1.54, 1.807) is 18.2 Å². The Hall–Kier alpha value is -2.16. The molecule has 1 N–H and O–H groups in total. The number of carbonyl (C=O) groups excluding carboxylic acids is 1. The number of aliphatic carboxylic acids is 1. The Morgan fingerprint density at radius 2 is 1.97 bits per heavy atom. The molecular formula is C25H31ClFN3O3S. The number of carboxylic acid groups (broad SMARTS) is 1. The number of hydrogen-bond acceptors (Lipinski definition) is 5. The zero-order valence-corrected chi connectivity index (χ0v) is 20.7. The Morgan fingerprint density at radius 3 is 2.68 bits per heavy atom. The van der Waals surface area contributed by atoms with Gasteiger partial charge < -0.3 is 5.11 Å². The number of carboxylic acids is 1. The molecule has 0 amide bonds. The summed E-state index contributed by atoms with van der Waals surface area (Å²) < 4.78 is 16.5. The Bertz CT molecular complexity index is 1040. The van der Waals surface area contributed by atoms with Crippen LogP contribution >= 0.6 is 25.0 Å². The molecule has 4 rings (SSSR count). The third-order valence-electron chi connectivity index (χ3n) is 6.34. The summed E-state index contributed by atoms with van der Waals surface area (Å²) in [6.45, 7) is 1.89. The van der Waals surface area contributed by atoms with Crippen molar-refractivity contribution in [3.05, 3.63) is 59.2 Å². The van der Waals surface area contributed by atoms with Crippen LogP contribution in [-0.2, 0) is 16.1 Å². The van der Waals surface area contributed by atoms with E-state index in [2.05, 4.69) is 10.00 Å². The standard InChI is InChI=1S/C25H30FN3O3S.ClH/c26-21-6-2-1-5-20(21)24(25(32)17-8-9-17)28-13-11-22(33)18(16-28)15-19-10-14-29(27-19)12-4-3-7-23(30)31;/h1-2,5-6,10,14-15,17,22,24,33H,3-4,7-9,11-13,16H2,(H,30,31);1H/b18-15+;. The van der Waals surface area contributed by atoms with E-state index in [0.29, 0.717) is 31.6 Å². The quantitative estimate of drug-likeness (QED) is 0.356. The number of aromatic nitrogens is 2. The van der Waals surface area contributed by atoms with Gasteiger partial charge in [0.25, 0.3) is 0 Å². The molecule has 2 heterocycles. The second kappa shape index (κ2) is 12.0. The average molecular weight is 508 g/mol. The van der Waals surface area contributed by atoms with Gasteiger partial charge in [-0.2, -0.15) is 17.7 Å². The number of piperidine rings is 1. The largest absolute Gasteiger partial charge is 0.481 e. The zero-order valence-electron chi connectivity index (χ0n) is 19.0. The number of thiol groups is 1. The van der Waals surface area contributed by atoms with Crippen molar-refractivity contribution in [1.82, 2.24) is 14.7 Å². The van der Waals surface area contributed by atoms with Crippen LogP contribution < -0.4 is 0 Å². The molecule has 2 unspecified atom stereocenters. The Balaban J connectivity index is 0.00000324. The van der Waals surface area contributed by atoms with Crippen LogP contribution in [0.3, 0.4) is 0 Å². The van der Waals surface area contributed by atoms with Gasteiger partial charge in [-0.15, -0.1) is 12.4 Å². The lowest BCUT2D eigenvalue weighted by atomic mass is 9.93. The van der Waals surface area contributed by atoms with E-state index < -0.39 is 12.0 Å². The van der Waals surface area contributed by atoms with Gasteiger partial charge in [0.1, 0.15) is 5.82 Å². The topological polar surface area (TPSA) is 75.4 Å². The van der Waals surface area contributed by atoms with Crippen LogP contribution in [0.25, 0.3) is 6.08 Å². The number of likely N-dealkylation sites (tertiary alicyclic amines) is 1. The summed E-state index contributed by atoms with van der Waals surface area (Å²) in [5, 5.41) is 13.4. The van der Waals surface area contributed by atoms with Crippen LogP contribution in [0.5, 0.6) is 0 Å². The smallest absolute Gasteiger partial charge is 0.303 e. The normalized spacial score (nSPS) is 20.6. The number of rotatable bonds is 10. The fourth-order valence-electron chi connectivity index (χ4n) is 4.39. The highest BCUT2D eigenvalue weighted by molar-refractivity contribution is 7.81. The van der Waals surface area contributed by atoms with Crippen molar-refractivity contribution in [2.45, 2.75) is 56.4 Å². The molecule has 1 saturated heterocycles. The van der Waals surface area contributed by atoms with Gasteiger partial charge in [-0.25, -0.2) is 4.39 Å². The molecule has 2 aliphatic rings. The van der Waals surface area contributed by atoms with E-state index in [1.165, 1.54) is 6.07 Å². The van der Waals surface area contributed by atoms with Crippen molar-refractivity contribution in [2.24, 2.45) is 5.92 Å². The highest BCUT2D eigenvalue weighted by atomic mass is 35.5. The maximum Gasteiger partial charge on any atom is 0.303 e. The minimum absolute atomic E-state index is 0. The van der Waals surface area contributed by atoms with Crippen LogP contribution in [0.4, 0.5) is 4.39 Å². The van der Waals surface area contributed by atoms with E-state index in [-0.39, 0.29) is 41.6 Å². The molecular weight excluding hydrogens is 477 g/mol. The fourth-order valence-corrected chi connectivity index (χ4v) is 4.66. The molecule has 0 bridgehead atoms. The van der Waals surface area contributed by atoms with Crippen molar-refractivity contribution in [3.8, 4) is 0 Å². The third-order valence-corrected chi connectivity index (χ3v) is 6.93. The van der Waals surface area contributed by atoms with E-state index in [9.17, 15) is 14.0 Å². The van der Waals surface area contributed by atoms with Crippen molar-refractivity contribution in [3.63, 3.8) is 0 Å². The van der Waals surface area contributed by atoms with Gasteiger partial charge in [0, 0.05) is 49.0 Å². The molecule has 2 fully saturated rings. The lowest BCUT2D eigenvalue weighted by Gasteiger charge is -2.37. The number of benzene rings is 1. The molecule has 184 valence electrons. The molecule has 2 aromatic rings. The lowest BCUT2D eigenvalue weighted by Crippen LogP contribution is -2.42. The zero-order chi connectivity index (χ0) is 23.4.